The molecular weight excluding hydrogens is 314 g/mol. The summed E-state index contributed by atoms with van der Waals surface area (Å²) in [5.74, 6) is 1.02. The van der Waals surface area contributed by atoms with Crippen molar-refractivity contribution in [1.82, 2.24) is 9.88 Å². The van der Waals surface area contributed by atoms with Crippen LogP contribution < -0.4 is 9.64 Å². The smallest absolute Gasteiger partial charge is 0.198 e. The second-order valence-corrected chi connectivity index (χ2v) is 6.20. The first-order valence-electron chi connectivity index (χ1n) is 8.82. The van der Waals surface area contributed by atoms with Gasteiger partial charge in [-0.1, -0.05) is 25.1 Å². The molecule has 1 atom stereocenters. The largest absolute Gasteiger partial charge is 0.495 e. The number of anilines is 1. The van der Waals surface area contributed by atoms with Gasteiger partial charge in [-0.2, -0.15) is 0 Å². The molecule has 0 radical (unpaired) electrons. The van der Waals surface area contributed by atoms with Crippen LogP contribution in [0.4, 0.5) is 5.69 Å². The third-order valence-electron chi connectivity index (χ3n) is 4.79. The molecule has 0 aliphatic carbocycles. The predicted octanol–water partition coefficient (Wildman–Crippen LogP) is 2.87. The van der Waals surface area contributed by atoms with Crippen LogP contribution in [0.5, 0.6) is 5.75 Å². The highest BCUT2D eigenvalue weighted by atomic mass is 16.5. The van der Waals surface area contributed by atoms with Crippen molar-refractivity contribution in [2.75, 3.05) is 38.2 Å². The van der Waals surface area contributed by atoms with E-state index in [0.717, 1.165) is 44.0 Å². The molecule has 132 valence electrons. The van der Waals surface area contributed by atoms with Gasteiger partial charge in [0, 0.05) is 32.4 Å². The summed E-state index contributed by atoms with van der Waals surface area (Å²) < 4.78 is 5.47. The van der Waals surface area contributed by atoms with Crippen LogP contribution in [0.15, 0.2) is 48.7 Å². The molecule has 0 spiro atoms. The van der Waals surface area contributed by atoms with Crippen LogP contribution >= 0.6 is 0 Å². The summed E-state index contributed by atoms with van der Waals surface area (Å²) in [6, 6.07) is 13.5. The number of nitrogens with zero attached hydrogens (tertiary/aromatic N) is 3. The minimum Gasteiger partial charge on any atom is -0.495 e. The maximum Gasteiger partial charge on any atom is 0.198 e. The van der Waals surface area contributed by atoms with Crippen molar-refractivity contribution in [3.8, 4) is 5.75 Å². The summed E-state index contributed by atoms with van der Waals surface area (Å²) in [6.45, 7) is 5.54. The van der Waals surface area contributed by atoms with Crippen molar-refractivity contribution < 1.29 is 9.53 Å². The second-order valence-electron chi connectivity index (χ2n) is 6.20. The summed E-state index contributed by atoms with van der Waals surface area (Å²) in [5, 5.41) is 0. The van der Waals surface area contributed by atoms with E-state index in [4.69, 9.17) is 4.74 Å². The molecule has 1 aromatic heterocycles. The molecule has 1 fully saturated rings. The number of pyridine rings is 1. The van der Waals surface area contributed by atoms with E-state index in [-0.39, 0.29) is 11.8 Å². The maximum absolute atomic E-state index is 12.8. The number of methoxy groups -OCH3 is 1. The molecule has 3 rings (SSSR count). The zero-order chi connectivity index (χ0) is 17.6. The number of ether oxygens (including phenoxy) is 1. The number of ketones is 1. The van der Waals surface area contributed by atoms with Crippen LogP contribution in [0.25, 0.3) is 0 Å². The van der Waals surface area contributed by atoms with E-state index in [9.17, 15) is 4.79 Å². The highest BCUT2D eigenvalue weighted by Crippen LogP contribution is 2.28. The Hall–Kier alpha value is -2.40. The Morgan fingerprint density at radius 3 is 2.48 bits per heavy atom. The Labute approximate surface area is 149 Å². The highest BCUT2D eigenvalue weighted by molar-refractivity contribution is 5.98. The van der Waals surface area contributed by atoms with Crippen molar-refractivity contribution in [1.29, 1.82) is 0 Å². The molecule has 0 amide bonds. The summed E-state index contributed by atoms with van der Waals surface area (Å²) in [4.78, 5) is 21.6. The van der Waals surface area contributed by atoms with E-state index in [0.29, 0.717) is 5.69 Å². The fraction of sp³-hybridized carbons (Fsp3) is 0.400. The summed E-state index contributed by atoms with van der Waals surface area (Å²) in [6.07, 6.45) is 2.48. The Morgan fingerprint density at radius 2 is 1.84 bits per heavy atom. The van der Waals surface area contributed by atoms with Gasteiger partial charge in [-0.25, -0.2) is 0 Å². The molecule has 1 aliphatic heterocycles. The van der Waals surface area contributed by atoms with Crippen LogP contribution in [-0.2, 0) is 0 Å². The van der Waals surface area contributed by atoms with Gasteiger partial charge in [0.2, 0.25) is 0 Å². The lowest BCUT2D eigenvalue weighted by molar-refractivity contribution is 0.0795. The molecule has 1 saturated heterocycles. The average Bonchev–Trinajstić information content (AvgIpc) is 2.69. The summed E-state index contributed by atoms with van der Waals surface area (Å²) >= 11 is 0. The number of hydrogen-bond donors (Lipinski definition) is 0. The van der Waals surface area contributed by atoms with E-state index in [1.165, 1.54) is 0 Å². The summed E-state index contributed by atoms with van der Waals surface area (Å²) in [7, 11) is 1.70. The number of hydrogen-bond acceptors (Lipinski definition) is 5. The van der Waals surface area contributed by atoms with Gasteiger partial charge in [0.1, 0.15) is 11.4 Å². The number of rotatable bonds is 6. The standard InChI is InChI=1S/C20H25N3O2/c1-3-17(20(24)16-8-6-7-11-21-16)22-12-14-23(15-13-22)18-9-4-5-10-19(18)25-2/h4-11,17H,3,12-15H2,1-2H3. The first-order chi connectivity index (χ1) is 12.2. The molecule has 25 heavy (non-hydrogen) atoms. The number of aromatic nitrogens is 1. The number of benzene rings is 1. The van der Waals surface area contributed by atoms with E-state index in [2.05, 4.69) is 27.8 Å². The fourth-order valence-electron chi connectivity index (χ4n) is 3.45. The van der Waals surface area contributed by atoms with Crippen LogP contribution in [0.3, 0.4) is 0 Å². The molecule has 1 unspecified atom stereocenters. The topological polar surface area (TPSA) is 45.7 Å². The molecule has 5 heteroatoms. The lowest BCUT2D eigenvalue weighted by atomic mass is 10.0. The Balaban J connectivity index is 1.67. The van der Waals surface area contributed by atoms with Crippen molar-refractivity contribution in [2.24, 2.45) is 0 Å². The van der Waals surface area contributed by atoms with Crippen molar-refractivity contribution in [3.05, 3.63) is 54.4 Å². The highest BCUT2D eigenvalue weighted by Gasteiger charge is 2.29. The normalized spacial score (nSPS) is 16.5. The summed E-state index contributed by atoms with van der Waals surface area (Å²) in [5.41, 5.74) is 1.68. The van der Waals surface area contributed by atoms with Gasteiger partial charge in [-0.15, -0.1) is 0 Å². The van der Waals surface area contributed by atoms with Crippen molar-refractivity contribution in [3.63, 3.8) is 0 Å². The molecule has 2 heterocycles. The molecule has 0 N–H and O–H groups in total. The number of Topliss-reactive ketones (excluding diaryl/α,β-unsaturated/α-hetero) is 1. The lowest BCUT2D eigenvalue weighted by Gasteiger charge is -2.39. The van der Waals surface area contributed by atoms with Gasteiger partial charge >= 0.3 is 0 Å². The van der Waals surface area contributed by atoms with E-state index in [1.54, 1.807) is 19.4 Å². The van der Waals surface area contributed by atoms with Gasteiger partial charge in [-0.05, 0) is 30.7 Å². The zero-order valence-electron chi connectivity index (χ0n) is 14.9. The van der Waals surface area contributed by atoms with Gasteiger partial charge < -0.3 is 9.64 Å². The molecular formula is C20H25N3O2. The molecule has 0 saturated carbocycles. The maximum atomic E-state index is 12.8. The SMILES string of the molecule is CCC(C(=O)c1ccccn1)N1CCN(c2ccccc2OC)CC1. The number of piperazine rings is 1. The van der Waals surface area contributed by atoms with Gasteiger partial charge in [0.25, 0.3) is 0 Å². The lowest BCUT2D eigenvalue weighted by Crippen LogP contribution is -2.52. The Bertz CT molecular complexity index is 697. The number of carbonyl (C=O) groups excluding carboxylic acids is 1. The van der Waals surface area contributed by atoms with Gasteiger partial charge in [-0.3, -0.25) is 14.7 Å². The van der Waals surface area contributed by atoms with E-state index >= 15 is 0 Å². The predicted molar refractivity (Wildman–Crippen MR) is 99.4 cm³/mol. The molecule has 1 aromatic carbocycles. The second kappa shape index (κ2) is 8.12. The Morgan fingerprint density at radius 1 is 1.12 bits per heavy atom. The monoisotopic (exact) mass is 339 g/mol. The van der Waals surface area contributed by atoms with E-state index in [1.807, 2.05) is 30.3 Å². The zero-order valence-corrected chi connectivity index (χ0v) is 14.9. The van der Waals surface area contributed by atoms with Crippen molar-refractivity contribution in [2.45, 2.75) is 19.4 Å². The number of carbonyl (C=O) groups is 1. The fourth-order valence-corrected chi connectivity index (χ4v) is 3.45. The third-order valence-corrected chi connectivity index (χ3v) is 4.79. The third kappa shape index (κ3) is 3.82. The van der Waals surface area contributed by atoms with Crippen molar-refractivity contribution >= 4 is 11.5 Å². The first kappa shape index (κ1) is 17.4. The number of para-hydroxylation sites is 2. The van der Waals surface area contributed by atoms with Gasteiger partial charge in [0.05, 0.1) is 18.8 Å². The minimum absolute atomic E-state index is 0.102. The molecule has 0 bridgehead atoms. The Kier molecular flexibility index (Phi) is 5.66. The first-order valence-corrected chi connectivity index (χ1v) is 8.82. The van der Waals surface area contributed by atoms with Crippen LogP contribution in [-0.4, -0.2) is 55.0 Å². The van der Waals surface area contributed by atoms with Crippen LogP contribution in [0.1, 0.15) is 23.8 Å². The molecule has 1 aliphatic rings. The minimum atomic E-state index is -0.102. The van der Waals surface area contributed by atoms with E-state index < -0.39 is 0 Å². The van der Waals surface area contributed by atoms with Crippen LogP contribution in [0, 0.1) is 0 Å². The van der Waals surface area contributed by atoms with Gasteiger partial charge in [0.15, 0.2) is 5.78 Å². The molecule has 5 nitrogen and oxygen atoms in total. The molecule has 2 aromatic rings. The quantitative estimate of drug-likeness (QED) is 0.757. The van der Waals surface area contributed by atoms with Crippen LogP contribution in [0.2, 0.25) is 0 Å². The average molecular weight is 339 g/mol.